The highest BCUT2D eigenvalue weighted by Gasteiger charge is 2.27. The first kappa shape index (κ1) is 21.0. The summed E-state index contributed by atoms with van der Waals surface area (Å²) in [5, 5.41) is 2.56. The van der Waals surface area contributed by atoms with E-state index >= 15 is 0 Å². The first-order valence-electron chi connectivity index (χ1n) is 11.8. The molecule has 1 aromatic heterocycles. The summed E-state index contributed by atoms with van der Waals surface area (Å²) in [6, 6.07) is 16.1. The molecule has 2 aliphatic heterocycles. The Labute approximate surface area is 190 Å². The van der Waals surface area contributed by atoms with Crippen molar-refractivity contribution < 1.29 is 4.74 Å². The van der Waals surface area contributed by atoms with E-state index in [2.05, 4.69) is 78.2 Å². The quantitative estimate of drug-likeness (QED) is 0.585. The smallest absolute Gasteiger partial charge is 0.318 e. The lowest BCUT2D eigenvalue weighted by atomic mass is 10.0. The third-order valence-electron chi connectivity index (χ3n) is 6.86. The lowest BCUT2D eigenvalue weighted by Gasteiger charge is -2.33. The average Bonchev–Trinajstić information content (AvgIpc) is 3.29. The Hall–Kier alpha value is -2.86. The summed E-state index contributed by atoms with van der Waals surface area (Å²) < 4.78 is 6.18. The van der Waals surface area contributed by atoms with Crippen LogP contribution in [0.25, 0.3) is 10.8 Å². The minimum atomic E-state index is 0.467. The molecule has 1 saturated heterocycles. The van der Waals surface area contributed by atoms with Gasteiger partial charge in [-0.1, -0.05) is 43.3 Å². The zero-order valence-corrected chi connectivity index (χ0v) is 19.4. The number of fused-ring (bicyclic) bond motifs is 2. The van der Waals surface area contributed by atoms with Crippen molar-refractivity contribution in [1.29, 1.82) is 0 Å². The van der Waals surface area contributed by atoms with Gasteiger partial charge in [0.1, 0.15) is 12.4 Å². The van der Waals surface area contributed by atoms with Gasteiger partial charge in [0.15, 0.2) is 0 Å². The van der Waals surface area contributed by atoms with E-state index in [1.54, 1.807) is 0 Å². The summed E-state index contributed by atoms with van der Waals surface area (Å²) in [4.78, 5) is 16.7. The Morgan fingerprint density at radius 3 is 2.75 bits per heavy atom. The monoisotopic (exact) mass is 431 g/mol. The highest BCUT2D eigenvalue weighted by molar-refractivity contribution is 5.94. The van der Waals surface area contributed by atoms with E-state index < -0.39 is 0 Å². The normalized spacial score (nSPS) is 18.7. The lowest BCUT2D eigenvalue weighted by Crippen LogP contribution is -2.35. The van der Waals surface area contributed by atoms with Gasteiger partial charge < -0.3 is 14.5 Å². The number of rotatable bonds is 6. The first-order valence-corrected chi connectivity index (χ1v) is 11.8. The van der Waals surface area contributed by atoms with E-state index in [9.17, 15) is 0 Å². The third kappa shape index (κ3) is 3.99. The van der Waals surface area contributed by atoms with Crippen molar-refractivity contribution in [2.24, 2.45) is 0 Å². The van der Waals surface area contributed by atoms with Crippen LogP contribution >= 0.6 is 0 Å². The van der Waals surface area contributed by atoms with Gasteiger partial charge in [-0.25, -0.2) is 0 Å². The number of hydrogen-bond acceptors (Lipinski definition) is 6. The van der Waals surface area contributed by atoms with Gasteiger partial charge in [-0.05, 0) is 43.8 Å². The molecule has 0 aliphatic carbocycles. The van der Waals surface area contributed by atoms with E-state index in [4.69, 9.17) is 14.7 Å². The van der Waals surface area contributed by atoms with Gasteiger partial charge in [0.2, 0.25) is 0 Å². The molecule has 0 radical (unpaired) electrons. The molecular weight excluding hydrogens is 398 g/mol. The van der Waals surface area contributed by atoms with Gasteiger partial charge in [0, 0.05) is 43.3 Å². The molecule has 0 amide bonds. The Bertz CT molecular complexity index is 1090. The van der Waals surface area contributed by atoms with Crippen molar-refractivity contribution in [3.05, 3.63) is 53.7 Å². The molecule has 0 saturated carbocycles. The maximum Gasteiger partial charge on any atom is 0.318 e. The number of aromatic nitrogens is 2. The van der Waals surface area contributed by atoms with Gasteiger partial charge in [-0.2, -0.15) is 9.97 Å². The Kier molecular flexibility index (Phi) is 5.87. The summed E-state index contributed by atoms with van der Waals surface area (Å²) in [5.74, 6) is 0.987. The Balaban J connectivity index is 1.42. The van der Waals surface area contributed by atoms with Crippen molar-refractivity contribution in [3.8, 4) is 6.01 Å². The average molecular weight is 432 g/mol. The summed E-state index contributed by atoms with van der Waals surface area (Å²) in [7, 11) is 4.11. The standard InChI is InChI=1S/C26H33N5O/c1-4-30-15-8-11-20(30)18-32-26-27-23-17-31(16-14-22(23)25(28-26)29(2)3)24-13-7-10-19-9-5-6-12-21(19)24/h5-7,9-10,12-13,20H,4,8,11,14-18H2,1-3H3/t20-/m0/s1. The molecule has 5 rings (SSSR count). The first-order chi connectivity index (χ1) is 15.6. The number of anilines is 2. The maximum absolute atomic E-state index is 6.18. The van der Waals surface area contributed by atoms with E-state index in [1.807, 2.05) is 0 Å². The van der Waals surface area contributed by atoms with E-state index in [0.29, 0.717) is 18.7 Å². The van der Waals surface area contributed by atoms with Crippen molar-refractivity contribution in [2.45, 2.75) is 38.8 Å². The van der Waals surface area contributed by atoms with Gasteiger partial charge in [0.25, 0.3) is 0 Å². The molecule has 3 heterocycles. The largest absolute Gasteiger partial charge is 0.462 e. The maximum atomic E-state index is 6.18. The Morgan fingerprint density at radius 1 is 1.06 bits per heavy atom. The summed E-state index contributed by atoms with van der Waals surface area (Å²) in [6.45, 7) is 6.85. The number of likely N-dealkylation sites (N-methyl/N-ethyl adjacent to an activating group) is 1. The molecule has 0 unspecified atom stereocenters. The zero-order valence-electron chi connectivity index (χ0n) is 19.4. The van der Waals surface area contributed by atoms with Crippen molar-refractivity contribution in [1.82, 2.24) is 14.9 Å². The highest BCUT2D eigenvalue weighted by atomic mass is 16.5. The van der Waals surface area contributed by atoms with Crippen LogP contribution in [0.1, 0.15) is 31.0 Å². The van der Waals surface area contributed by atoms with Gasteiger partial charge in [-0.15, -0.1) is 0 Å². The molecule has 3 aromatic rings. The molecule has 6 nitrogen and oxygen atoms in total. The second-order valence-corrected chi connectivity index (χ2v) is 9.05. The van der Waals surface area contributed by atoms with Gasteiger partial charge in [0.05, 0.1) is 12.2 Å². The molecular formula is C26H33N5O. The summed E-state index contributed by atoms with van der Waals surface area (Å²) in [5.41, 5.74) is 3.59. The van der Waals surface area contributed by atoms with Crippen LogP contribution in [0.4, 0.5) is 11.5 Å². The molecule has 168 valence electrons. The van der Waals surface area contributed by atoms with E-state index in [-0.39, 0.29) is 0 Å². The molecule has 0 N–H and O–H groups in total. The number of nitrogens with zero attached hydrogens (tertiary/aromatic N) is 5. The fourth-order valence-electron chi connectivity index (χ4n) is 5.18. The van der Waals surface area contributed by atoms with Crippen molar-refractivity contribution >= 4 is 22.3 Å². The zero-order chi connectivity index (χ0) is 22.1. The Morgan fingerprint density at radius 2 is 1.91 bits per heavy atom. The SMILES string of the molecule is CCN1CCC[C@H]1COc1nc2c(c(N(C)C)n1)CCN(c1cccc3ccccc13)C2. The summed E-state index contributed by atoms with van der Waals surface area (Å²) in [6.07, 6.45) is 3.36. The van der Waals surface area contributed by atoms with Crippen LogP contribution in [0.15, 0.2) is 42.5 Å². The molecule has 32 heavy (non-hydrogen) atoms. The van der Waals surface area contributed by atoms with Crippen LogP contribution in [0.5, 0.6) is 6.01 Å². The fraction of sp³-hybridized carbons (Fsp3) is 0.462. The van der Waals surface area contributed by atoms with Crippen LogP contribution in [-0.4, -0.2) is 61.2 Å². The van der Waals surface area contributed by atoms with Crippen molar-refractivity contribution in [2.75, 3.05) is 50.1 Å². The number of ether oxygens (including phenoxy) is 1. The van der Waals surface area contributed by atoms with Crippen LogP contribution in [0.3, 0.4) is 0 Å². The van der Waals surface area contributed by atoms with E-state index in [1.165, 1.54) is 41.4 Å². The predicted molar refractivity (Wildman–Crippen MR) is 131 cm³/mol. The number of hydrogen-bond donors (Lipinski definition) is 0. The molecule has 0 bridgehead atoms. The third-order valence-corrected chi connectivity index (χ3v) is 6.86. The molecule has 2 aromatic carbocycles. The van der Waals surface area contributed by atoms with Crippen LogP contribution in [0, 0.1) is 0 Å². The predicted octanol–water partition coefficient (Wildman–Crippen LogP) is 4.12. The number of benzene rings is 2. The second kappa shape index (κ2) is 8.94. The number of likely N-dealkylation sites (tertiary alicyclic amines) is 1. The van der Waals surface area contributed by atoms with Gasteiger partial charge >= 0.3 is 6.01 Å². The topological polar surface area (TPSA) is 44.7 Å². The molecule has 2 aliphatic rings. The molecule has 1 fully saturated rings. The van der Waals surface area contributed by atoms with Crippen LogP contribution in [0.2, 0.25) is 0 Å². The van der Waals surface area contributed by atoms with Crippen LogP contribution < -0.4 is 14.5 Å². The van der Waals surface area contributed by atoms with Gasteiger partial charge in [-0.3, -0.25) is 4.90 Å². The molecule has 6 heteroatoms. The van der Waals surface area contributed by atoms with Crippen LogP contribution in [-0.2, 0) is 13.0 Å². The second-order valence-electron chi connectivity index (χ2n) is 9.05. The minimum absolute atomic E-state index is 0.467. The summed E-state index contributed by atoms with van der Waals surface area (Å²) >= 11 is 0. The molecule has 1 atom stereocenters. The lowest BCUT2D eigenvalue weighted by molar-refractivity contribution is 0.170. The van der Waals surface area contributed by atoms with E-state index in [0.717, 1.165) is 37.6 Å². The molecule has 0 spiro atoms. The fourth-order valence-corrected chi connectivity index (χ4v) is 5.18. The minimum Gasteiger partial charge on any atom is -0.462 e. The highest BCUT2D eigenvalue weighted by Crippen LogP contribution is 2.33. The van der Waals surface area contributed by atoms with Crippen molar-refractivity contribution in [3.63, 3.8) is 0 Å².